The van der Waals surface area contributed by atoms with E-state index in [-0.39, 0.29) is 0 Å². The standard InChI is InChI=1S/C10H11BrN2O2/c1-13(2)10(12-15-7-14)8-3-5-9(11)6-4-8/h3-7H,1-2H3/b12-10-. The molecule has 0 spiro atoms. The molecule has 15 heavy (non-hydrogen) atoms. The van der Waals surface area contributed by atoms with Crippen LogP contribution in [0.4, 0.5) is 0 Å². The molecule has 0 unspecified atom stereocenters. The molecule has 0 amide bonds. The number of nitrogens with zero attached hydrogens (tertiary/aromatic N) is 2. The van der Waals surface area contributed by atoms with Crippen LogP contribution in [-0.4, -0.2) is 31.3 Å². The lowest BCUT2D eigenvalue weighted by Gasteiger charge is -2.14. The Morgan fingerprint density at radius 3 is 2.47 bits per heavy atom. The third-order valence-electron chi connectivity index (χ3n) is 1.71. The molecular weight excluding hydrogens is 260 g/mol. The summed E-state index contributed by atoms with van der Waals surface area (Å²) in [6, 6.07) is 7.57. The molecule has 4 nitrogen and oxygen atoms in total. The zero-order chi connectivity index (χ0) is 11.3. The minimum Gasteiger partial charge on any atom is -0.360 e. The lowest BCUT2D eigenvalue weighted by molar-refractivity contribution is -0.128. The molecule has 0 saturated carbocycles. The highest BCUT2D eigenvalue weighted by atomic mass is 79.9. The van der Waals surface area contributed by atoms with Crippen LogP contribution in [0.25, 0.3) is 0 Å². The number of rotatable bonds is 3. The molecule has 0 heterocycles. The largest absolute Gasteiger partial charge is 0.360 e. The average molecular weight is 271 g/mol. The fourth-order valence-electron chi connectivity index (χ4n) is 1.06. The van der Waals surface area contributed by atoms with Crippen LogP contribution in [0.15, 0.2) is 33.9 Å². The summed E-state index contributed by atoms with van der Waals surface area (Å²) >= 11 is 3.34. The van der Waals surface area contributed by atoms with E-state index in [9.17, 15) is 4.79 Å². The number of carbonyl (C=O) groups is 1. The first-order valence-electron chi connectivity index (χ1n) is 4.26. The number of hydrogen-bond donors (Lipinski definition) is 0. The lowest BCUT2D eigenvalue weighted by atomic mass is 10.2. The van der Waals surface area contributed by atoms with Gasteiger partial charge in [0.15, 0.2) is 5.84 Å². The number of benzene rings is 1. The molecule has 5 heteroatoms. The summed E-state index contributed by atoms with van der Waals surface area (Å²) in [7, 11) is 3.66. The molecule has 1 aromatic rings. The van der Waals surface area contributed by atoms with Gasteiger partial charge < -0.3 is 9.74 Å². The predicted octanol–water partition coefficient (Wildman–Crippen LogP) is 1.85. The van der Waals surface area contributed by atoms with Crippen LogP contribution in [0, 0.1) is 0 Å². The van der Waals surface area contributed by atoms with Gasteiger partial charge in [0.25, 0.3) is 0 Å². The summed E-state index contributed by atoms with van der Waals surface area (Å²) in [6.07, 6.45) is 0. The van der Waals surface area contributed by atoms with Gasteiger partial charge in [0.05, 0.1) is 0 Å². The lowest BCUT2D eigenvalue weighted by Crippen LogP contribution is -2.23. The second-order valence-electron chi connectivity index (χ2n) is 3.02. The third kappa shape index (κ3) is 3.36. The number of hydrogen-bond acceptors (Lipinski definition) is 3. The van der Waals surface area contributed by atoms with Crippen molar-refractivity contribution in [3.05, 3.63) is 34.3 Å². The number of carbonyl (C=O) groups excluding carboxylic acids is 1. The molecule has 80 valence electrons. The molecule has 0 bridgehead atoms. The molecule has 0 aliphatic heterocycles. The molecule has 0 aliphatic rings. The summed E-state index contributed by atoms with van der Waals surface area (Å²) in [4.78, 5) is 16.2. The maximum Gasteiger partial charge on any atom is 0.323 e. The highest BCUT2D eigenvalue weighted by Crippen LogP contribution is 2.12. The van der Waals surface area contributed by atoms with Crippen LogP contribution in [-0.2, 0) is 9.63 Å². The van der Waals surface area contributed by atoms with Gasteiger partial charge in [-0.05, 0) is 12.1 Å². The second kappa shape index (κ2) is 5.50. The fraction of sp³-hybridized carbons (Fsp3) is 0.200. The van der Waals surface area contributed by atoms with E-state index in [1.54, 1.807) is 4.90 Å². The van der Waals surface area contributed by atoms with Crippen molar-refractivity contribution in [2.75, 3.05) is 14.1 Å². The highest BCUT2D eigenvalue weighted by Gasteiger charge is 2.06. The van der Waals surface area contributed by atoms with Crippen molar-refractivity contribution >= 4 is 28.2 Å². The van der Waals surface area contributed by atoms with Crippen molar-refractivity contribution in [3.63, 3.8) is 0 Å². The van der Waals surface area contributed by atoms with Crippen molar-refractivity contribution < 1.29 is 9.63 Å². The van der Waals surface area contributed by atoms with Gasteiger partial charge in [-0.2, -0.15) is 0 Å². The van der Waals surface area contributed by atoms with Gasteiger partial charge in [0, 0.05) is 24.1 Å². The number of amidine groups is 1. The molecule has 0 aliphatic carbocycles. The second-order valence-corrected chi connectivity index (χ2v) is 3.93. The molecule has 0 radical (unpaired) electrons. The first-order valence-corrected chi connectivity index (χ1v) is 5.05. The Balaban J connectivity index is 2.99. The number of oxime groups is 1. The van der Waals surface area contributed by atoms with E-state index in [0.717, 1.165) is 10.0 Å². The van der Waals surface area contributed by atoms with Crippen LogP contribution in [0.1, 0.15) is 5.56 Å². The molecule has 0 atom stereocenters. The summed E-state index contributed by atoms with van der Waals surface area (Å²) in [6.45, 7) is 0.294. The van der Waals surface area contributed by atoms with Crippen molar-refractivity contribution in [2.45, 2.75) is 0 Å². The molecule has 1 rings (SSSR count). The van der Waals surface area contributed by atoms with Crippen molar-refractivity contribution in [2.24, 2.45) is 5.16 Å². The number of halogens is 1. The quantitative estimate of drug-likeness (QED) is 0.277. The monoisotopic (exact) mass is 270 g/mol. The van der Waals surface area contributed by atoms with Gasteiger partial charge in [0.1, 0.15) is 0 Å². The predicted molar refractivity (Wildman–Crippen MR) is 61.5 cm³/mol. The Hall–Kier alpha value is -1.36. The van der Waals surface area contributed by atoms with Crippen LogP contribution < -0.4 is 0 Å². The maximum atomic E-state index is 10.1. The molecular formula is C10H11BrN2O2. The van der Waals surface area contributed by atoms with Crippen molar-refractivity contribution in [3.8, 4) is 0 Å². The minimum absolute atomic E-state index is 0.294. The van der Waals surface area contributed by atoms with Crippen molar-refractivity contribution in [1.29, 1.82) is 0 Å². The van der Waals surface area contributed by atoms with Gasteiger partial charge in [-0.3, -0.25) is 4.79 Å². The summed E-state index contributed by atoms with van der Waals surface area (Å²) in [5.74, 6) is 0.592. The van der Waals surface area contributed by atoms with E-state index in [2.05, 4.69) is 25.9 Å². The van der Waals surface area contributed by atoms with Gasteiger partial charge in [-0.1, -0.05) is 33.2 Å². The highest BCUT2D eigenvalue weighted by molar-refractivity contribution is 9.10. The fourth-order valence-corrected chi connectivity index (χ4v) is 1.33. The van der Waals surface area contributed by atoms with Crippen LogP contribution in [0.3, 0.4) is 0 Å². The van der Waals surface area contributed by atoms with Crippen molar-refractivity contribution in [1.82, 2.24) is 4.90 Å². The molecule has 0 aromatic heterocycles. The SMILES string of the molecule is CN(C)/C(=N\OC=O)c1ccc(Br)cc1. The molecule has 1 aromatic carbocycles. The maximum absolute atomic E-state index is 10.1. The minimum atomic E-state index is 0.294. The molecule has 0 N–H and O–H groups in total. The first-order chi connectivity index (χ1) is 7.15. The van der Waals surface area contributed by atoms with E-state index >= 15 is 0 Å². The summed E-state index contributed by atoms with van der Waals surface area (Å²) in [5.41, 5.74) is 0.880. The van der Waals surface area contributed by atoms with E-state index in [1.165, 1.54) is 0 Å². The van der Waals surface area contributed by atoms with E-state index in [1.807, 2.05) is 38.4 Å². The topological polar surface area (TPSA) is 41.9 Å². The Morgan fingerprint density at radius 1 is 1.40 bits per heavy atom. The molecule has 0 fully saturated rings. The van der Waals surface area contributed by atoms with Crippen LogP contribution in [0.2, 0.25) is 0 Å². The Morgan fingerprint density at radius 2 is 2.00 bits per heavy atom. The van der Waals surface area contributed by atoms with E-state index in [4.69, 9.17) is 0 Å². The Bertz CT molecular complexity index is 360. The van der Waals surface area contributed by atoms with Crippen LogP contribution in [0.5, 0.6) is 0 Å². The van der Waals surface area contributed by atoms with Gasteiger partial charge in [-0.15, -0.1) is 0 Å². The normalized spacial score (nSPS) is 11.0. The summed E-state index contributed by atoms with van der Waals surface area (Å²) < 4.78 is 0.987. The van der Waals surface area contributed by atoms with Gasteiger partial charge >= 0.3 is 6.47 Å². The zero-order valence-corrected chi connectivity index (χ0v) is 10.1. The van der Waals surface area contributed by atoms with Gasteiger partial charge in [-0.25, -0.2) is 0 Å². The van der Waals surface area contributed by atoms with Crippen LogP contribution >= 0.6 is 15.9 Å². The van der Waals surface area contributed by atoms with Gasteiger partial charge in [0.2, 0.25) is 0 Å². The Kier molecular flexibility index (Phi) is 4.30. The van der Waals surface area contributed by atoms with E-state index in [0.29, 0.717) is 12.3 Å². The third-order valence-corrected chi connectivity index (χ3v) is 2.24. The Labute approximate surface area is 96.6 Å². The average Bonchev–Trinajstić information content (AvgIpc) is 2.21. The zero-order valence-electron chi connectivity index (χ0n) is 8.48. The molecule has 0 saturated heterocycles. The summed E-state index contributed by atoms with van der Waals surface area (Å²) in [5, 5.41) is 3.70. The van der Waals surface area contributed by atoms with E-state index < -0.39 is 0 Å². The smallest absolute Gasteiger partial charge is 0.323 e. The first kappa shape index (κ1) is 11.7.